The van der Waals surface area contributed by atoms with Crippen LogP contribution in [-0.2, 0) is 6.54 Å². The highest BCUT2D eigenvalue weighted by atomic mass is 32.2. The Morgan fingerprint density at radius 1 is 1.25 bits per heavy atom. The number of hydrogen-bond acceptors (Lipinski definition) is 4. The van der Waals surface area contributed by atoms with E-state index in [0.29, 0.717) is 6.54 Å². The SMILES string of the molecule is Cc1cccc(NC(=O)NCc2ccnc(N3CCSCC3)c2)c1. The van der Waals surface area contributed by atoms with E-state index < -0.39 is 0 Å². The monoisotopic (exact) mass is 342 g/mol. The van der Waals surface area contributed by atoms with Crippen LogP contribution in [0.25, 0.3) is 0 Å². The lowest BCUT2D eigenvalue weighted by Gasteiger charge is -2.27. The minimum absolute atomic E-state index is 0.201. The van der Waals surface area contributed by atoms with E-state index in [1.807, 2.05) is 55.2 Å². The van der Waals surface area contributed by atoms with Gasteiger partial charge in [0, 0.05) is 43.0 Å². The van der Waals surface area contributed by atoms with Gasteiger partial charge in [-0.25, -0.2) is 9.78 Å². The lowest BCUT2D eigenvalue weighted by molar-refractivity contribution is 0.251. The molecule has 0 saturated carbocycles. The molecule has 1 fully saturated rings. The molecule has 24 heavy (non-hydrogen) atoms. The van der Waals surface area contributed by atoms with Crippen molar-refractivity contribution in [3.63, 3.8) is 0 Å². The topological polar surface area (TPSA) is 57.3 Å². The van der Waals surface area contributed by atoms with Gasteiger partial charge in [-0.2, -0.15) is 11.8 Å². The summed E-state index contributed by atoms with van der Waals surface area (Å²) in [6, 6.07) is 11.5. The summed E-state index contributed by atoms with van der Waals surface area (Å²) in [4.78, 5) is 18.8. The van der Waals surface area contributed by atoms with Crippen molar-refractivity contribution in [2.24, 2.45) is 0 Å². The van der Waals surface area contributed by atoms with Crippen molar-refractivity contribution in [3.05, 3.63) is 53.7 Å². The molecule has 2 aromatic rings. The zero-order valence-electron chi connectivity index (χ0n) is 13.8. The molecule has 1 aromatic carbocycles. The smallest absolute Gasteiger partial charge is 0.319 e. The molecule has 1 aliphatic rings. The molecule has 0 bridgehead atoms. The second kappa shape index (κ2) is 8.06. The molecule has 0 radical (unpaired) electrons. The van der Waals surface area contributed by atoms with Gasteiger partial charge in [0.15, 0.2) is 0 Å². The Labute approximate surface area is 146 Å². The maximum Gasteiger partial charge on any atom is 0.319 e. The molecule has 2 N–H and O–H groups in total. The van der Waals surface area contributed by atoms with Crippen LogP contribution in [0.5, 0.6) is 0 Å². The average Bonchev–Trinajstić information content (AvgIpc) is 2.61. The van der Waals surface area contributed by atoms with Crippen LogP contribution in [0.4, 0.5) is 16.3 Å². The maximum atomic E-state index is 12.0. The number of carbonyl (C=O) groups is 1. The summed E-state index contributed by atoms with van der Waals surface area (Å²) in [7, 11) is 0. The normalized spacial score (nSPS) is 14.3. The first kappa shape index (κ1) is 16.6. The lowest BCUT2D eigenvalue weighted by Crippen LogP contribution is -2.33. The van der Waals surface area contributed by atoms with Crippen molar-refractivity contribution in [1.82, 2.24) is 10.3 Å². The van der Waals surface area contributed by atoms with Crippen LogP contribution in [0.3, 0.4) is 0 Å². The van der Waals surface area contributed by atoms with E-state index in [4.69, 9.17) is 0 Å². The van der Waals surface area contributed by atoms with Gasteiger partial charge in [-0.1, -0.05) is 12.1 Å². The summed E-state index contributed by atoms with van der Waals surface area (Å²) in [5, 5.41) is 5.75. The minimum Gasteiger partial charge on any atom is -0.355 e. The van der Waals surface area contributed by atoms with Crippen LogP contribution in [0, 0.1) is 6.92 Å². The number of benzene rings is 1. The first-order valence-electron chi connectivity index (χ1n) is 8.10. The molecule has 0 spiro atoms. The number of amides is 2. The Morgan fingerprint density at radius 3 is 2.88 bits per heavy atom. The average molecular weight is 342 g/mol. The molecule has 5 nitrogen and oxygen atoms in total. The Kier molecular flexibility index (Phi) is 5.59. The Balaban J connectivity index is 1.55. The summed E-state index contributed by atoms with van der Waals surface area (Å²) in [5.74, 6) is 3.28. The number of urea groups is 1. The molecule has 1 aliphatic heterocycles. The second-order valence-corrected chi connectivity index (χ2v) is 7.02. The van der Waals surface area contributed by atoms with Gasteiger partial charge in [0.1, 0.15) is 5.82 Å². The summed E-state index contributed by atoms with van der Waals surface area (Å²) >= 11 is 1.98. The summed E-state index contributed by atoms with van der Waals surface area (Å²) in [5.41, 5.74) is 2.97. The molecule has 0 aliphatic carbocycles. The first-order chi connectivity index (χ1) is 11.7. The van der Waals surface area contributed by atoms with Gasteiger partial charge < -0.3 is 15.5 Å². The third kappa shape index (κ3) is 4.64. The van der Waals surface area contributed by atoms with Crippen molar-refractivity contribution in [2.75, 3.05) is 34.8 Å². The van der Waals surface area contributed by atoms with Crippen LogP contribution in [0.15, 0.2) is 42.6 Å². The van der Waals surface area contributed by atoms with Crippen molar-refractivity contribution in [2.45, 2.75) is 13.5 Å². The largest absolute Gasteiger partial charge is 0.355 e. The predicted molar refractivity (Wildman–Crippen MR) is 101 cm³/mol. The molecule has 1 aromatic heterocycles. The number of nitrogens with one attached hydrogen (secondary N) is 2. The highest BCUT2D eigenvalue weighted by molar-refractivity contribution is 7.99. The molecular formula is C18H22N4OS. The summed E-state index contributed by atoms with van der Waals surface area (Å²) in [6.45, 7) is 4.54. The van der Waals surface area contributed by atoms with Gasteiger partial charge in [-0.05, 0) is 42.3 Å². The second-order valence-electron chi connectivity index (χ2n) is 5.80. The number of nitrogens with zero attached hydrogens (tertiary/aromatic N) is 2. The Morgan fingerprint density at radius 2 is 2.08 bits per heavy atom. The quantitative estimate of drug-likeness (QED) is 0.895. The highest BCUT2D eigenvalue weighted by Crippen LogP contribution is 2.18. The Hall–Kier alpha value is -2.21. The molecule has 6 heteroatoms. The highest BCUT2D eigenvalue weighted by Gasteiger charge is 2.12. The summed E-state index contributed by atoms with van der Waals surface area (Å²) < 4.78 is 0. The molecule has 0 atom stereocenters. The van der Waals surface area contributed by atoms with Crippen LogP contribution < -0.4 is 15.5 Å². The van der Waals surface area contributed by atoms with E-state index >= 15 is 0 Å². The number of carbonyl (C=O) groups excluding carboxylic acids is 1. The van der Waals surface area contributed by atoms with E-state index in [-0.39, 0.29) is 6.03 Å². The van der Waals surface area contributed by atoms with Crippen molar-refractivity contribution < 1.29 is 4.79 Å². The molecule has 1 saturated heterocycles. The fourth-order valence-corrected chi connectivity index (χ4v) is 3.52. The minimum atomic E-state index is -0.201. The fourth-order valence-electron chi connectivity index (χ4n) is 2.62. The fraction of sp³-hybridized carbons (Fsp3) is 0.333. The number of rotatable bonds is 4. The molecule has 0 unspecified atom stereocenters. The number of hydrogen-bond donors (Lipinski definition) is 2. The predicted octanol–water partition coefficient (Wildman–Crippen LogP) is 3.26. The van der Waals surface area contributed by atoms with E-state index in [2.05, 4.69) is 26.6 Å². The van der Waals surface area contributed by atoms with E-state index in [1.165, 1.54) is 0 Å². The van der Waals surface area contributed by atoms with Crippen molar-refractivity contribution in [3.8, 4) is 0 Å². The lowest BCUT2D eigenvalue weighted by atomic mass is 10.2. The maximum absolute atomic E-state index is 12.0. The van der Waals surface area contributed by atoms with Gasteiger partial charge in [-0.3, -0.25) is 0 Å². The molecular weight excluding hydrogens is 320 g/mol. The third-order valence-electron chi connectivity index (χ3n) is 3.87. The number of pyridine rings is 1. The molecule has 3 rings (SSSR count). The molecule has 126 valence electrons. The number of aryl methyl sites for hydroxylation is 1. The van der Waals surface area contributed by atoms with E-state index in [0.717, 1.165) is 47.2 Å². The van der Waals surface area contributed by atoms with Crippen LogP contribution >= 0.6 is 11.8 Å². The van der Waals surface area contributed by atoms with Crippen LogP contribution in [0.1, 0.15) is 11.1 Å². The van der Waals surface area contributed by atoms with Gasteiger partial charge in [0.2, 0.25) is 0 Å². The Bertz CT molecular complexity index is 701. The number of aromatic nitrogens is 1. The zero-order chi connectivity index (χ0) is 16.8. The van der Waals surface area contributed by atoms with Crippen molar-refractivity contribution in [1.29, 1.82) is 0 Å². The van der Waals surface area contributed by atoms with E-state index in [9.17, 15) is 4.79 Å². The zero-order valence-corrected chi connectivity index (χ0v) is 14.6. The van der Waals surface area contributed by atoms with Gasteiger partial charge >= 0.3 is 6.03 Å². The van der Waals surface area contributed by atoms with E-state index in [1.54, 1.807) is 0 Å². The van der Waals surface area contributed by atoms with Crippen LogP contribution in [0.2, 0.25) is 0 Å². The standard InChI is InChI=1S/C18H22N4OS/c1-14-3-2-4-16(11-14)21-18(23)20-13-15-5-6-19-17(12-15)22-7-9-24-10-8-22/h2-6,11-12H,7-10,13H2,1H3,(H2,20,21,23). The molecule has 2 amide bonds. The van der Waals surface area contributed by atoms with Gasteiger partial charge in [0.05, 0.1) is 0 Å². The van der Waals surface area contributed by atoms with Gasteiger partial charge in [0.25, 0.3) is 0 Å². The van der Waals surface area contributed by atoms with Crippen molar-refractivity contribution >= 4 is 29.3 Å². The van der Waals surface area contributed by atoms with Gasteiger partial charge in [-0.15, -0.1) is 0 Å². The number of thioether (sulfide) groups is 1. The number of anilines is 2. The van der Waals surface area contributed by atoms with Crippen LogP contribution in [-0.4, -0.2) is 35.6 Å². The molecule has 2 heterocycles. The summed E-state index contributed by atoms with van der Waals surface area (Å²) in [6.07, 6.45) is 1.81. The third-order valence-corrected chi connectivity index (χ3v) is 4.82. The first-order valence-corrected chi connectivity index (χ1v) is 9.25.